The van der Waals surface area contributed by atoms with Crippen molar-refractivity contribution >= 4 is 0 Å². The van der Waals surface area contributed by atoms with E-state index in [-0.39, 0.29) is 16.7 Å². The van der Waals surface area contributed by atoms with Gasteiger partial charge in [-0.25, -0.2) is 0 Å². The molecule has 4 heterocycles. The van der Waals surface area contributed by atoms with Crippen LogP contribution < -0.4 is 0 Å². The van der Waals surface area contributed by atoms with Crippen LogP contribution in [0.5, 0.6) is 0 Å². The third kappa shape index (κ3) is 3.19. The molecule has 0 aliphatic carbocycles. The fourth-order valence-electron chi connectivity index (χ4n) is 4.20. The third-order valence-corrected chi connectivity index (χ3v) is 6.72. The van der Waals surface area contributed by atoms with E-state index in [0.717, 1.165) is 44.7 Å². The normalized spacial score (nSPS) is 28.0. The minimum atomic E-state index is -0.422. The van der Waals surface area contributed by atoms with Gasteiger partial charge in [-0.2, -0.15) is 10.4 Å². The Labute approximate surface area is 161 Å². The number of aromatic nitrogens is 2. The van der Waals surface area contributed by atoms with Gasteiger partial charge in [0.15, 0.2) is 6.29 Å². The summed E-state index contributed by atoms with van der Waals surface area (Å²) in [4.78, 5) is 2.47. The van der Waals surface area contributed by atoms with Crippen LogP contribution in [-0.2, 0) is 19.7 Å². The first-order valence-electron chi connectivity index (χ1n) is 9.86. The summed E-state index contributed by atoms with van der Waals surface area (Å²) < 4.78 is 19.7. The van der Waals surface area contributed by atoms with Gasteiger partial charge in [-0.1, -0.05) is 0 Å². The maximum absolute atomic E-state index is 9.40. The average Bonchev–Trinajstić information content (AvgIpc) is 3.15. The molecule has 3 saturated heterocycles. The Morgan fingerprint density at radius 3 is 2.37 bits per heavy atom. The molecule has 4 rings (SSSR count). The molecule has 0 unspecified atom stereocenters. The lowest BCUT2D eigenvalue weighted by molar-refractivity contribution is -0.0901. The summed E-state index contributed by atoms with van der Waals surface area (Å²) in [6, 6.07) is 2.92. The molecule has 3 aliphatic rings. The monoisotopic (exact) mass is 374 g/mol. The summed E-state index contributed by atoms with van der Waals surface area (Å²) >= 11 is 0. The van der Waals surface area contributed by atoms with Crippen molar-refractivity contribution in [2.75, 3.05) is 26.3 Å². The van der Waals surface area contributed by atoms with Gasteiger partial charge in [-0.3, -0.25) is 9.58 Å². The number of hydrogen-bond donors (Lipinski definition) is 0. The van der Waals surface area contributed by atoms with Crippen LogP contribution in [0, 0.1) is 11.3 Å². The summed E-state index contributed by atoms with van der Waals surface area (Å²) in [6.45, 7) is 11.6. The number of nitrogens with zero attached hydrogens (tertiary/aromatic N) is 4. The molecule has 3 fully saturated rings. The number of rotatable bonds is 4. The van der Waals surface area contributed by atoms with Crippen LogP contribution in [0.25, 0.3) is 0 Å². The van der Waals surface area contributed by atoms with E-state index in [1.165, 1.54) is 0 Å². The number of hydrogen-bond acceptors (Lipinski definition) is 6. The third-order valence-electron chi connectivity index (χ3n) is 6.72. The second kappa shape index (κ2) is 6.56. The molecule has 0 N–H and O–H groups in total. The zero-order valence-electron chi connectivity index (χ0n) is 16.8. The molecule has 1 aromatic heterocycles. The highest BCUT2D eigenvalue weighted by atomic mass is 16.7. The van der Waals surface area contributed by atoms with Crippen LogP contribution in [0.3, 0.4) is 0 Å². The van der Waals surface area contributed by atoms with E-state index in [9.17, 15) is 5.26 Å². The minimum absolute atomic E-state index is 0.255. The van der Waals surface area contributed by atoms with Crippen LogP contribution in [0.2, 0.25) is 0 Å². The molecule has 0 bridgehead atoms. The van der Waals surface area contributed by atoms with E-state index < -0.39 is 6.29 Å². The summed E-state index contributed by atoms with van der Waals surface area (Å²) in [5, 5.41) is 14.0. The molecular weight excluding hydrogens is 344 g/mol. The van der Waals surface area contributed by atoms with Crippen LogP contribution >= 0.6 is 0 Å². The highest BCUT2D eigenvalue weighted by Gasteiger charge is 2.51. The van der Waals surface area contributed by atoms with Crippen molar-refractivity contribution in [3.63, 3.8) is 0 Å². The molecule has 148 valence electrons. The Balaban J connectivity index is 1.49. The molecule has 7 nitrogen and oxygen atoms in total. The van der Waals surface area contributed by atoms with Crippen molar-refractivity contribution in [3.05, 3.63) is 18.0 Å². The molecule has 0 radical (unpaired) electrons. The lowest BCUT2D eigenvalue weighted by atomic mass is 9.84. The van der Waals surface area contributed by atoms with Gasteiger partial charge in [0.2, 0.25) is 0 Å². The molecule has 7 heteroatoms. The maximum atomic E-state index is 9.40. The Morgan fingerprint density at radius 1 is 1.15 bits per heavy atom. The lowest BCUT2D eigenvalue weighted by Gasteiger charge is -2.53. The first-order chi connectivity index (χ1) is 12.8. The lowest BCUT2D eigenvalue weighted by Crippen LogP contribution is -2.65. The fourth-order valence-corrected chi connectivity index (χ4v) is 4.20. The highest BCUT2D eigenvalue weighted by molar-refractivity contribution is 5.15. The molecule has 3 aliphatic heterocycles. The van der Waals surface area contributed by atoms with Gasteiger partial charge in [-0.15, -0.1) is 0 Å². The minimum Gasteiger partial charge on any atom is -0.381 e. The van der Waals surface area contributed by atoms with E-state index in [0.29, 0.717) is 12.5 Å². The van der Waals surface area contributed by atoms with E-state index >= 15 is 0 Å². The van der Waals surface area contributed by atoms with E-state index in [2.05, 4.69) is 16.1 Å². The molecule has 0 saturated carbocycles. The van der Waals surface area contributed by atoms with E-state index in [1.54, 1.807) is 0 Å². The van der Waals surface area contributed by atoms with Gasteiger partial charge in [0.25, 0.3) is 0 Å². The van der Waals surface area contributed by atoms with Crippen molar-refractivity contribution in [2.45, 2.75) is 76.0 Å². The van der Waals surface area contributed by atoms with Gasteiger partial charge in [0.05, 0.1) is 29.9 Å². The van der Waals surface area contributed by atoms with Crippen molar-refractivity contribution in [2.24, 2.45) is 0 Å². The second-order valence-corrected chi connectivity index (χ2v) is 9.11. The van der Waals surface area contributed by atoms with Crippen LogP contribution in [-0.4, -0.2) is 58.2 Å². The standard InChI is InChI=1S/C20H30N4O3/c1-18(2)19(3,4)27-17(26-18)15-11-22-24(12-15)20(7-8-21)13-23(14-20)16-5-9-25-10-6-16/h11-12,16-17H,5-7,9-10,13-14H2,1-4H3. The largest absolute Gasteiger partial charge is 0.381 e. The Kier molecular flexibility index (Phi) is 4.59. The number of likely N-dealkylation sites (tertiary alicyclic amines) is 1. The maximum Gasteiger partial charge on any atom is 0.188 e. The first-order valence-corrected chi connectivity index (χ1v) is 9.86. The van der Waals surface area contributed by atoms with Gasteiger partial charge >= 0.3 is 0 Å². The average molecular weight is 374 g/mol. The predicted octanol–water partition coefficient (Wildman–Crippen LogP) is 2.59. The highest BCUT2D eigenvalue weighted by Crippen LogP contribution is 2.45. The van der Waals surface area contributed by atoms with Crippen LogP contribution in [0.4, 0.5) is 0 Å². The molecule has 1 aromatic rings. The number of ether oxygens (including phenoxy) is 3. The van der Waals surface area contributed by atoms with Gasteiger partial charge in [0, 0.05) is 44.1 Å². The fraction of sp³-hybridized carbons (Fsp3) is 0.800. The Bertz CT molecular complexity index is 708. The Hall–Kier alpha value is -1.46. The molecule has 27 heavy (non-hydrogen) atoms. The molecule has 0 spiro atoms. The number of nitriles is 1. The molecule has 0 amide bonds. The topological polar surface area (TPSA) is 72.5 Å². The summed E-state index contributed by atoms with van der Waals surface area (Å²) in [5.74, 6) is 0. The van der Waals surface area contributed by atoms with Gasteiger partial charge in [-0.05, 0) is 40.5 Å². The molecular formula is C20H30N4O3. The van der Waals surface area contributed by atoms with Gasteiger partial charge < -0.3 is 14.2 Å². The zero-order valence-corrected chi connectivity index (χ0v) is 16.8. The second-order valence-electron chi connectivity index (χ2n) is 9.11. The van der Waals surface area contributed by atoms with E-state index in [1.807, 2.05) is 44.8 Å². The van der Waals surface area contributed by atoms with Crippen LogP contribution in [0.1, 0.15) is 58.8 Å². The zero-order chi connectivity index (χ0) is 19.3. The summed E-state index contributed by atoms with van der Waals surface area (Å²) in [5.41, 5.74) is -0.0917. The first kappa shape index (κ1) is 18.9. The van der Waals surface area contributed by atoms with Crippen molar-refractivity contribution in [1.29, 1.82) is 5.26 Å². The molecule has 0 atom stereocenters. The van der Waals surface area contributed by atoms with Crippen molar-refractivity contribution in [3.8, 4) is 6.07 Å². The SMILES string of the molecule is CC1(C)OC(c2cnn(C3(CC#N)CN(C4CCOCC4)C3)c2)OC1(C)C. The quantitative estimate of drug-likeness (QED) is 0.807. The van der Waals surface area contributed by atoms with E-state index in [4.69, 9.17) is 14.2 Å². The van der Waals surface area contributed by atoms with Crippen molar-refractivity contribution in [1.82, 2.24) is 14.7 Å². The predicted molar refractivity (Wildman–Crippen MR) is 98.9 cm³/mol. The molecule has 0 aromatic carbocycles. The van der Waals surface area contributed by atoms with Crippen LogP contribution in [0.15, 0.2) is 12.4 Å². The van der Waals surface area contributed by atoms with Crippen molar-refractivity contribution < 1.29 is 14.2 Å². The van der Waals surface area contributed by atoms with Gasteiger partial charge in [0.1, 0.15) is 5.54 Å². The summed E-state index contributed by atoms with van der Waals surface area (Å²) in [7, 11) is 0. The summed E-state index contributed by atoms with van der Waals surface area (Å²) in [6.07, 6.45) is 5.99. The smallest absolute Gasteiger partial charge is 0.188 e. The Morgan fingerprint density at radius 2 is 1.78 bits per heavy atom.